The van der Waals surface area contributed by atoms with E-state index in [-0.39, 0.29) is 39.1 Å². The first kappa shape index (κ1) is 18.9. The second-order valence-corrected chi connectivity index (χ2v) is 5.83. The molecule has 1 aliphatic rings. The number of Topliss-reactive ketones (excluding diaryl/α,β-unsaturated/α-hetero) is 1. The zero-order valence-corrected chi connectivity index (χ0v) is 14.2. The van der Waals surface area contributed by atoms with Crippen molar-refractivity contribution < 1.29 is 28.2 Å². The first-order valence-electron chi connectivity index (χ1n) is 8.32. The van der Waals surface area contributed by atoms with Crippen molar-refractivity contribution in [2.45, 2.75) is 38.5 Å². The molecule has 1 amide bonds. The van der Waals surface area contributed by atoms with Crippen LogP contribution < -0.4 is 0 Å². The Morgan fingerprint density at radius 1 is 1.20 bits per heavy atom. The van der Waals surface area contributed by atoms with Gasteiger partial charge in [0, 0.05) is 25.9 Å². The average molecular weight is 351 g/mol. The molecule has 1 aromatic carbocycles. The highest BCUT2D eigenvalue weighted by Gasteiger charge is 2.48. The van der Waals surface area contributed by atoms with Crippen LogP contribution in [0.1, 0.15) is 31.7 Å². The molecule has 0 saturated carbocycles. The Kier molecular flexibility index (Phi) is 6.50. The number of hydrogen-bond acceptors (Lipinski definition) is 5. The highest BCUT2D eigenvalue weighted by Crippen LogP contribution is 2.25. The van der Waals surface area contributed by atoms with E-state index in [2.05, 4.69) is 4.74 Å². The molecule has 1 atom stereocenters. The van der Waals surface area contributed by atoms with Crippen LogP contribution in [0.25, 0.3) is 0 Å². The van der Waals surface area contributed by atoms with Crippen LogP contribution in [0, 0.1) is 0 Å². The van der Waals surface area contributed by atoms with Gasteiger partial charge in [0.05, 0.1) is 6.61 Å². The van der Waals surface area contributed by atoms with E-state index in [9.17, 15) is 18.8 Å². The Hall–Kier alpha value is -2.44. The number of ketones is 1. The molecule has 1 fully saturated rings. The largest absolute Gasteiger partial charge is 0.463 e. The molecule has 0 aromatic heterocycles. The molecule has 0 spiro atoms. The second-order valence-electron chi connectivity index (χ2n) is 5.83. The smallest absolute Gasteiger partial charge is 0.410 e. The van der Waals surface area contributed by atoms with Crippen molar-refractivity contribution >= 4 is 17.8 Å². The van der Waals surface area contributed by atoms with Gasteiger partial charge in [-0.1, -0.05) is 30.3 Å². The van der Waals surface area contributed by atoms with Gasteiger partial charge >= 0.3 is 12.1 Å². The van der Waals surface area contributed by atoms with E-state index in [0.29, 0.717) is 0 Å². The molecule has 0 radical (unpaired) electrons. The lowest BCUT2D eigenvalue weighted by Gasteiger charge is -2.29. The molecule has 7 heteroatoms. The van der Waals surface area contributed by atoms with Crippen LogP contribution in [0.5, 0.6) is 0 Å². The first-order valence-corrected chi connectivity index (χ1v) is 8.32. The summed E-state index contributed by atoms with van der Waals surface area (Å²) in [5.74, 6) is -1.97. The minimum absolute atomic E-state index is 0.0133. The highest BCUT2D eigenvalue weighted by molar-refractivity contribution is 6.07. The number of hydrogen-bond donors (Lipinski definition) is 0. The maximum absolute atomic E-state index is 14.9. The summed E-state index contributed by atoms with van der Waals surface area (Å²) in [5, 5.41) is 0. The zero-order chi connectivity index (χ0) is 18.3. The third-order valence-electron chi connectivity index (χ3n) is 4.06. The zero-order valence-electron chi connectivity index (χ0n) is 14.2. The Morgan fingerprint density at radius 2 is 1.92 bits per heavy atom. The summed E-state index contributed by atoms with van der Waals surface area (Å²) < 4.78 is 24.8. The lowest BCUT2D eigenvalue weighted by Crippen LogP contribution is -2.49. The standard InChI is InChI=1S/C18H22FNO5/c1-2-24-16(22)18(19)10-12-20(11-6-9-15(18)21)17(23)25-13-14-7-4-3-5-8-14/h3-5,7-8H,2,6,9-13H2,1H3. The van der Waals surface area contributed by atoms with Gasteiger partial charge in [-0.25, -0.2) is 14.0 Å². The van der Waals surface area contributed by atoms with E-state index in [1.54, 1.807) is 6.92 Å². The van der Waals surface area contributed by atoms with Gasteiger partial charge in [0.2, 0.25) is 0 Å². The summed E-state index contributed by atoms with van der Waals surface area (Å²) in [5.41, 5.74) is -1.86. The van der Waals surface area contributed by atoms with E-state index < -0.39 is 29.9 Å². The van der Waals surface area contributed by atoms with Crippen LogP contribution >= 0.6 is 0 Å². The van der Waals surface area contributed by atoms with Crippen molar-refractivity contribution in [3.63, 3.8) is 0 Å². The Morgan fingerprint density at radius 3 is 2.60 bits per heavy atom. The molecule has 1 saturated heterocycles. The number of nitrogens with zero attached hydrogens (tertiary/aromatic N) is 1. The predicted octanol–water partition coefficient (Wildman–Crippen LogP) is 2.65. The molecule has 1 aromatic rings. The number of esters is 1. The summed E-state index contributed by atoms with van der Waals surface area (Å²) in [7, 11) is 0. The Bertz CT molecular complexity index is 611. The van der Waals surface area contributed by atoms with Crippen LogP contribution in [-0.4, -0.2) is 48.1 Å². The number of rotatable bonds is 4. The van der Waals surface area contributed by atoms with Crippen molar-refractivity contribution in [1.29, 1.82) is 0 Å². The first-order chi connectivity index (χ1) is 12.0. The van der Waals surface area contributed by atoms with Crippen molar-refractivity contribution in [3.05, 3.63) is 35.9 Å². The molecule has 2 rings (SSSR count). The van der Waals surface area contributed by atoms with Crippen molar-refractivity contribution in [3.8, 4) is 0 Å². The van der Waals surface area contributed by atoms with Crippen LogP contribution in [0.2, 0.25) is 0 Å². The summed E-state index contributed by atoms with van der Waals surface area (Å²) in [4.78, 5) is 37.3. The normalized spacial score (nSPS) is 21.2. The Labute approximate surface area is 145 Å². The molecule has 25 heavy (non-hydrogen) atoms. The quantitative estimate of drug-likeness (QED) is 0.616. The van der Waals surface area contributed by atoms with Gasteiger partial charge in [-0.2, -0.15) is 0 Å². The number of likely N-dealkylation sites (tertiary alicyclic amines) is 1. The third kappa shape index (κ3) is 4.78. The number of alkyl halides is 1. The minimum Gasteiger partial charge on any atom is -0.463 e. The fourth-order valence-corrected chi connectivity index (χ4v) is 2.62. The van der Waals surface area contributed by atoms with Gasteiger partial charge in [-0.15, -0.1) is 0 Å². The topological polar surface area (TPSA) is 72.9 Å². The number of halogens is 1. The fourth-order valence-electron chi connectivity index (χ4n) is 2.62. The summed E-state index contributed by atoms with van der Waals surface area (Å²) in [6.45, 7) is 1.82. The van der Waals surface area contributed by atoms with Crippen molar-refractivity contribution in [2.24, 2.45) is 0 Å². The van der Waals surface area contributed by atoms with E-state index >= 15 is 0 Å². The predicted molar refractivity (Wildman–Crippen MR) is 87.5 cm³/mol. The highest BCUT2D eigenvalue weighted by atomic mass is 19.1. The number of carbonyl (C=O) groups excluding carboxylic acids is 3. The lowest BCUT2D eigenvalue weighted by molar-refractivity contribution is -0.163. The van der Waals surface area contributed by atoms with E-state index in [0.717, 1.165) is 5.56 Å². The third-order valence-corrected chi connectivity index (χ3v) is 4.06. The molecule has 1 aliphatic heterocycles. The van der Waals surface area contributed by atoms with Crippen LogP contribution in [0.3, 0.4) is 0 Å². The molecule has 0 aliphatic carbocycles. The van der Waals surface area contributed by atoms with E-state index in [1.807, 2.05) is 30.3 Å². The van der Waals surface area contributed by atoms with Gasteiger partial charge in [0.15, 0.2) is 5.78 Å². The van der Waals surface area contributed by atoms with Crippen LogP contribution in [0.4, 0.5) is 9.18 Å². The molecule has 136 valence electrons. The minimum atomic E-state index is -2.70. The van der Waals surface area contributed by atoms with Crippen molar-refractivity contribution in [2.75, 3.05) is 19.7 Å². The SMILES string of the molecule is CCOC(=O)C1(F)CCN(C(=O)OCc2ccccc2)CCCC1=O. The molecular formula is C18H22FNO5. The second kappa shape index (κ2) is 8.60. The van der Waals surface area contributed by atoms with Gasteiger partial charge in [-0.05, 0) is 18.9 Å². The monoisotopic (exact) mass is 351 g/mol. The fraction of sp³-hybridized carbons (Fsp3) is 0.500. The molecule has 6 nitrogen and oxygen atoms in total. The van der Waals surface area contributed by atoms with Gasteiger partial charge in [-0.3, -0.25) is 4.79 Å². The molecule has 0 N–H and O–H groups in total. The Balaban J connectivity index is 1.97. The van der Waals surface area contributed by atoms with Gasteiger partial charge in [0.1, 0.15) is 6.61 Å². The molecule has 1 heterocycles. The molecular weight excluding hydrogens is 329 g/mol. The average Bonchev–Trinajstić information content (AvgIpc) is 2.61. The summed E-state index contributed by atoms with van der Waals surface area (Å²) in [6, 6.07) is 9.18. The van der Waals surface area contributed by atoms with Gasteiger partial charge in [0.25, 0.3) is 5.67 Å². The van der Waals surface area contributed by atoms with Crippen LogP contribution in [-0.2, 0) is 25.7 Å². The number of carbonyl (C=O) groups is 3. The van der Waals surface area contributed by atoms with Crippen molar-refractivity contribution in [1.82, 2.24) is 4.90 Å². The molecule has 0 bridgehead atoms. The number of benzene rings is 1. The van der Waals surface area contributed by atoms with Crippen LogP contribution in [0.15, 0.2) is 30.3 Å². The number of amides is 1. The maximum atomic E-state index is 14.9. The number of ether oxygens (including phenoxy) is 2. The summed E-state index contributed by atoms with van der Waals surface area (Å²) in [6.07, 6.45) is -0.878. The molecule has 1 unspecified atom stereocenters. The lowest BCUT2D eigenvalue weighted by atomic mass is 9.91. The van der Waals surface area contributed by atoms with E-state index in [1.165, 1.54) is 4.90 Å². The van der Waals surface area contributed by atoms with Gasteiger partial charge < -0.3 is 14.4 Å². The summed E-state index contributed by atoms with van der Waals surface area (Å²) >= 11 is 0. The van der Waals surface area contributed by atoms with E-state index in [4.69, 9.17) is 4.74 Å². The maximum Gasteiger partial charge on any atom is 0.410 e.